The van der Waals surface area contributed by atoms with Crippen LogP contribution in [0.1, 0.15) is 38.2 Å². The molecular weight excluding hydrogens is 226 g/mol. The van der Waals surface area contributed by atoms with Gasteiger partial charge in [0.1, 0.15) is 0 Å². The summed E-state index contributed by atoms with van der Waals surface area (Å²) in [5, 5.41) is 8.80. The first-order chi connectivity index (χ1) is 8.63. The van der Waals surface area contributed by atoms with Gasteiger partial charge in [-0.2, -0.15) is 0 Å². The van der Waals surface area contributed by atoms with E-state index in [0.717, 1.165) is 18.7 Å². The smallest absolute Gasteiger partial charge is 0.305 e. The van der Waals surface area contributed by atoms with Crippen molar-refractivity contribution in [2.24, 2.45) is 0 Å². The van der Waals surface area contributed by atoms with Crippen LogP contribution in [0.4, 0.5) is 5.69 Å². The number of carboxylic acids is 1. The number of aliphatic carboxylic acids is 1. The number of nitrogens with zero attached hydrogens (tertiary/aromatic N) is 1. The molecule has 0 aliphatic heterocycles. The first-order valence-corrected chi connectivity index (χ1v) is 6.67. The lowest BCUT2D eigenvalue weighted by molar-refractivity contribution is -0.136. The highest BCUT2D eigenvalue weighted by Gasteiger charge is 2.08. The second kappa shape index (κ2) is 7.75. The summed E-state index contributed by atoms with van der Waals surface area (Å²) in [4.78, 5) is 12.9. The Kier molecular flexibility index (Phi) is 6.26. The Morgan fingerprint density at radius 2 is 1.83 bits per heavy atom. The van der Waals surface area contributed by atoms with E-state index in [2.05, 4.69) is 43.0 Å². The van der Waals surface area contributed by atoms with Crippen molar-refractivity contribution in [2.75, 3.05) is 18.0 Å². The van der Waals surface area contributed by atoms with Crippen molar-refractivity contribution in [3.05, 3.63) is 29.8 Å². The number of unbranched alkanes of at least 4 members (excludes halogenated alkanes) is 2. The summed E-state index contributed by atoms with van der Waals surface area (Å²) in [7, 11) is 0. The van der Waals surface area contributed by atoms with Gasteiger partial charge in [-0.1, -0.05) is 37.5 Å². The minimum absolute atomic E-state index is 0.194. The number of aryl methyl sites for hydroxylation is 1. The molecule has 0 saturated carbocycles. The van der Waals surface area contributed by atoms with E-state index < -0.39 is 5.97 Å². The van der Waals surface area contributed by atoms with E-state index in [1.807, 2.05) is 0 Å². The summed E-state index contributed by atoms with van der Waals surface area (Å²) in [6, 6.07) is 8.29. The predicted octanol–water partition coefficient (Wildman–Crippen LogP) is 3.47. The molecule has 3 nitrogen and oxygen atoms in total. The van der Waals surface area contributed by atoms with Crippen LogP contribution >= 0.6 is 0 Å². The van der Waals surface area contributed by atoms with Gasteiger partial charge in [0.05, 0.1) is 6.42 Å². The molecule has 0 radical (unpaired) electrons. The molecule has 0 amide bonds. The topological polar surface area (TPSA) is 40.5 Å². The first kappa shape index (κ1) is 14.6. The molecule has 0 aliphatic carbocycles. The Morgan fingerprint density at radius 3 is 2.39 bits per heavy atom. The zero-order valence-corrected chi connectivity index (χ0v) is 11.4. The van der Waals surface area contributed by atoms with E-state index in [1.54, 1.807) is 0 Å². The van der Waals surface area contributed by atoms with E-state index in [0.29, 0.717) is 6.54 Å². The fourth-order valence-electron chi connectivity index (χ4n) is 1.91. The second-order valence-corrected chi connectivity index (χ2v) is 4.67. The van der Waals surface area contributed by atoms with E-state index in [-0.39, 0.29) is 6.42 Å². The predicted molar refractivity (Wildman–Crippen MR) is 75.2 cm³/mol. The summed E-state index contributed by atoms with van der Waals surface area (Å²) in [5.41, 5.74) is 2.35. The molecule has 0 bridgehead atoms. The molecule has 100 valence electrons. The lowest BCUT2D eigenvalue weighted by Crippen LogP contribution is -2.27. The minimum Gasteiger partial charge on any atom is -0.481 e. The molecule has 1 aromatic rings. The standard InChI is InChI=1S/C15H23NO2/c1-3-4-5-11-16(12-10-15(17)18)14-8-6-13(2)7-9-14/h6-9H,3-5,10-12H2,1-2H3,(H,17,18). The van der Waals surface area contributed by atoms with Crippen LogP contribution in [0.2, 0.25) is 0 Å². The van der Waals surface area contributed by atoms with Crippen molar-refractivity contribution in [3.8, 4) is 0 Å². The van der Waals surface area contributed by atoms with Crippen molar-refractivity contribution in [1.29, 1.82) is 0 Å². The second-order valence-electron chi connectivity index (χ2n) is 4.67. The average molecular weight is 249 g/mol. The third kappa shape index (κ3) is 5.21. The number of benzene rings is 1. The number of hydrogen-bond donors (Lipinski definition) is 1. The van der Waals surface area contributed by atoms with Crippen LogP contribution in [0, 0.1) is 6.92 Å². The van der Waals surface area contributed by atoms with Gasteiger partial charge >= 0.3 is 5.97 Å². The molecule has 1 N–H and O–H groups in total. The Hall–Kier alpha value is -1.51. The lowest BCUT2D eigenvalue weighted by Gasteiger charge is -2.24. The Balaban J connectivity index is 2.62. The van der Waals surface area contributed by atoms with E-state index in [4.69, 9.17) is 5.11 Å². The van der Waals surface area contributed by atoms with Crippen molar-refractivity contribution in [1.82, 2.24) is 0 Å². The monoisotopic (exact) mass is 249 g/mol. The summed E-state index contributed by atoms with van der Waals surface area (Å²) in [5.74, 6) is -0.734. The summed E-state index contributed by atoms with van der Waals surface area (Å²) >= 11 is 0. The van der Waals surface area contributed by atoms with Crippen LogP contribution in [0.3, 0.4) is 0 Å². The van der Waals surface area contributed by atoms with Crippen LogP contribution in [0.25, 0.3) is 0 Å². The third-order valence-electron chi connectivity index (χ3n) is 3.03. The molecule has 1 aromatic carbocycles. The van der Waals surface area contributed by atoms with Gasteiger partial charge in [-0.15, -0.1) is 0 Å². The summed E-state index contributed by atoms with van der Waals surface area (Å²) in [6.45, 7) is 5.75. The molecule has 0 spiro atoms. The van der Waals surface area contributed by atoms with E-state index in [1.165, 1.54) is 18.4 Å². The molecule has 18 heavy (non-hydrogen) atoms. The van der Waals surface area contributed by atoms with Crippen molar-refractivity contribution < 1.29 is 9.90 Å². The molecular formula is C15H23NO2. The van der Waals surface area contributed by atoms with Gasteiger partial charge in [0, 0.05) is 18.8 Å². The molecule has 0 aromatic heterocycles. The summed E-state index contributed by atoms with van der Waals surface area (Å²) in [6.07, 6.45) is 3.68. The molecule has 0 atom stereocenters. The Bertz CT molecular complexity index is 359. The number of rotatable bonds is 8. The number of carboxylic acid groups (broad SMARTS) is 1. The maximum absolute atomic E-state index is 10.7. The normalized spacial score (nSPS) is 10.3. The molecule has 0 fully saturated rings. The first-order valence-electron chi connectivity index (χ1n) is 6.67. The quantitative estimate of drug-likeness (QED) is 0.717. The highest BCUT2D eigenvalue weighted by molar-refractivity contribution is 5.67. The third-order valence-corrected chi connectivity index (χ3v) is 3.03. The van der Waals surface area contributed by atoms with Crippen molar-refractivity contribution >= 4 is 11.7 Å². The summed E-state index contributed by atoms with van der Waals surface area (Å²) < 4.78 is 0. The van der Waals surface area contributed by atoms with Gasteiger partial charge < -0.3 is 10.0 Å². The van der Waals surface area contributed by atoms with Gasteiger partial charge in [-0.25, -0.2) is 0 Å². The van der Waals surface area contributed by atoms with Gasteiger partial charge in [0.2, 0.25) is 0 Å². The van der Waals surface area contributed by atoms with Gasteiger partial charge in [-0.3, -0.25) is 4.79 Å². The fraction of sp³-hybridized carbons (Fsp3) is 0.533. The zero-order valence-electron chi connectivity index (χ0n) is 11.4. The molecule has 0 saturated heterocycles. The largest absolute Gasteiger partial charge is 0.481 e. The zero-order chi connectivity index (χ0) is 13.4. The van der Waals surface area contributed by atoms with Crippen molar-refractivity contribution in [3.63, 3.8) is 0 Å². The van der Waals surface area contributed by atoms with E-state index in [9.17, 15) is 4.79 Å². The number of anilines is 1. The lowest BCUT2D eigenvalue weighted by atomic mass is 10.2. The van der Waals surface area contributed by atoms with Crippen LogP contribution in [0.15, 0.2) is 24.3 Å². The average Bonchev–Trinajstić information content (AvgIpc) is 2.34. The molecule has 1 rings (SSSR count). The van der Waals surface area contributed by atoms with Crippen LogP contribution in [-0.4, -0.2) is 24.2 Å². The Labute approximate surface area is 109 Å². The molecule has 0 unspecified atom stereocenters. The van der Waals surface area contributed by atoms with Gasteiger partial charge in [0.15, 0.2) is 0 Å². The van der Waals surface area contributed by atoms with Gasteiger partial charge in [0.25, 0.3) is 0 Å². The fourth-order valence-corrected chi connectivity index (χ4v) is 1.91. The maximum Gasteiger partial charge on any atom is 0.305 e. The molecule has 0 heterocycles. The maximum atomic E-state index is 10.7. The van der Waals surface area contributed by atoms with Gasteiger partial charge in [-0.05, 0) is 25.5 Å². The molecule has 0 aliphatic rings. The Morgan fingerprint density at radius 1 is 1.17 bits per heavy atom. The van der Waals surface area contributed by atoms with Crippen molar-refractivity contribution in [2.45, 2.75) is 39.5 Å². The SMILES string of the molecule is CCCCCN(CCC(=O)O)c1ccc(C)cc1. The van der Waals surface area contributed by atoms with Crippen LogP contribution in [-0.2, 0) is 4.79 Å². The van der Waals surface area contributed by atoms with Crippen LogP contribution in [0.5, 0.6) is 0 Å². The van der Waals surface area contributed by atoms with Crippen LogP contribution < -0.4 is 4.90 Å². The van der Waals surface area contributed by atoms with E-state index >= 15 is 0 Å². The highest BCUT2D eigenvalue weighted by atomic mass is 16.4. The highest BCUT2D eigenvalue weighted by Crippen LogP contribution is 2.16. The minimum atomic E-state index is -0.734. The number of hydrogen-bond acceptors (Lipinski definition) is 2. The number of carbonyl (C=O) groups is 1. The molecule has 3 heteroatoms.